The van der Waals surface area contributed by atoms with Crippen LogP contribution in [0.2, 0.25) is 0 Å². The highest BCUT2D eigenvalue weighted by Crippen LogP contribution is 2.23. The van der Waals surface area contributed by atoms with Crippen molar-refractivity contribution in [2.75, 3.05) is 13.7 Å². The van der Waals surface area contributed by atoms with Crippen LogP contribution in [-0.2, 0) is 13.0 Å². The molecule has 2 unspecified atom stereocenters. The zero-order chi connectivity index (χ0) is 19.6. The third kappa shape index (κ3) is 6.14. The van der Waals surface area contributed by atoms with Crippen molar-refractivity contribution >= 4 is 0 Å². The maximum atomic E-state index is 6.27. The molecule has 0 aliphatic carbocycles. The normalized spacial score (nSPS) is 12.9. The molecule has 146 valence electrons. The van der Waals surface area contributed by atoms with Gasteiger partial charge in [0.15, 0.2) is 0 Å². The van der Waals surface area contributed by atoms with Crippen LogP contribution in [-0.4, -0.2) is 19.8 Å². The van der Waals surface area contributed by atoms with Gasteiger partial charge in [-0.05, 0) is 36.6 Å². The van der Waals surface area contributed by atoms with Crippen molar-refractivity contribution in [1.82, 2.24) is 5.32 Å². The Morgan fingerprint density at radius 2 is 1.43 bits per heavy atom. The van der Waals surface area contributed by atoms with Crippen molar-refractivity contribution in [2.24, 2.45) is 5.92 Å². The molecule has 0 spiro atoms. The second-order valence-electron chi connectivity index (χ2n) is 7.07. The largest absolute Gasteiger partial charge is 0.497 e. The first-order valence-corrected chi connectivity index (χ1v) is 9.84. The minimum Gasteiger partial charge on any atom is -0.497 e. The van der Waals surface area contributed by atoms with Gasteiger partial charge >= 0.3 is 0 Å². The summed E-state index contributed by atoms with van der Waals surface area (Å²) in [6.07, 6.45) is 1.03. The van der Waals surface area contributed by atoms with Gasteiger partial charge in [0, 0.05) is 25.1 Å². The average Bonchev–Trinajstić information content (AvgIpc) is 2.74. The van der Waals surface area contributed by atoms with Gasteiger partial charge in [0.1, 0.15) is 17.6 Å². The van der Waals surface area contributed by atoms with E-state index in [1.54, 1.807) is 7.11 Å². The Kier molecular flexibility index (Phi) is 7.51. The summed E-state index contributed by atoms with van der Waals surface area (Å²) in [5, 5.41) is 3.61. The fourth-order valence-corrected chi connectivity index (χ4v) is 3.30. The minimum absolute atomic E-state index is 0.0654. The van der Waals surface area contributed by atoms with Gasteiger partial charge in [-0.15, -0.1) is 0 Å². The first kappa shape index (κ1) is 20.0. The molecule has 0 fully saturated rings. The van der Waals surface area contributed by atoms with E-state index in [-0.39, 0.29) is 6.10 Å². The summed E-state index contributed by atoms with van der Waals surface area (Å²) in [6, 6.07) is 28.9. The van der Waals surface area contributed by atoms with Gasteiger partial charge in [-0.2, -0.15) is 0 Å². The molecule has 2 atom stereocenters. The molecule has 3 nitrogen and oxygen atoms in total. The van der Waals surface area contributed by atoms with Crippen LogP contribution in [0.4, 0.5) is 0 Å². The molecule has 0 heterocycles. The third-order valence-electron chi connectivity index (χ3n) is 4.95. The molecular weight excluding hydrogens is 346 g/mol. The molecule has 3 aromatic carbocycles. The second-order valence-corrected chi connectivity index (χ2v) is 7.07. The van der Waals surface area contributed by atoms with Gasteiger partial charge in [-0.1, -0.05) is 66.7 Å². The first-order chi connectivity index (χ1) is 13.7. The minimum atomic E-state index is 0.0654. The molecular formula is C25H29NO2. The third-order valence-corrected chi connectivity index (χ3v) is 4.95. The Hall–Kier alpha value is -2.78. The maximum Gasteiger partial charge on any atom is 0.123 e. The Labute approximate surface area is 168 Å². The van der Waals surface area contributed by atoms with Gasteiger partial charge in [0.05, 0.1) is 7.11 Å². The van der Waals surface area contributed by atoms with Crippen molar-refractivity contribution in [2.45, 2.75) is 26.0 Å². The van der Waals surface area contributed by atoms with E-state index < -0.39 is 0 Å². The van der Waals surface area contributed by atoms with Crippen molar-refractivity contribution in [1.29, 1.82) is 0 Å². The van der Waals surface area contributed by atoms with Crippen LogP contribution in [0.15, 0.2) is 84.9 Å². The smallest absolute Gasteiger partial charge is 0.123 e. The number of nitrogens with one attached hydrogen (secondary N) is 1. The molecule has 0 aliphatic heterocycles. The molecule has 28 heavy (non-hydrogen) atoms. The summed E-state index contributed by atoms with van der Waals surface area (Å²) in [5.41, 5.74) is 2.62. The van der Waals surface area contributed by atoms with Gasteiger partial charge in [-0.3, -0.25) is 0 Å². The topological polar surface area (TPSA) is 30.5 Å². The molecule has 0 bridgehead atoms. The zero-order valence-corrected chi connectivity index (χ0v) is 16.7. The van der Waals surface area contributed by atoms with Crippen LogP contribution in [0.3, 0.4) is 0 Å². The van der Waals surface area contributed by atoms with E-state index in [1.165, 1.54) is 11.1 Å². The van der Waals surface area contributed by atoms with E-state index in [2.05, 4.69) is 66.8 Å². The van der Waals surface area contributed by atoms with E-state index in [0.717, 1.165) is 31.0 Å². The summed E-state index contributed by atoms with van der Waals surface area (Å²) in [7, 11) is 1.67. The van der Waals surface area contributed by atoms with Crippen molar-refractivity contribution in [3.05, 3.63) is 96.1 Å². The molecule has 1 N–H and O–H groups in total. The Bertz CT molecular complexity index is 820. The summed E-state index contributed by atoms with van der Waals surface area (Å²) >= 11 is 0. The lowest BCUT2D eigenvalue weighted by molar-refractivity contribution is 0.148. The summed E-state index contributed by atoms with van der Waals surface area (Å²) in [5.74, 6) is 2.00. The molecule has 0 saturated heterocycles. The lowest BCUT2D eigenvalue weighted by Crippen LogP contribution is -2.34. The number of rotatable bonds is 10. The van der Waals surface area contributed by atoms with Crippen LogP contribution in [0.25, 0.3) is 0 Å². The predicted molar refractivity (Wildman–Crippen MR) is 115 cm³/mol. The number of ether oxygens (including phenoxy) is 2. The standard InChI is InChI=1S/C25H29NO2/c1-20(28-25-15-9-14-24(17-25)27-2)23(16-21-10-5-3-6-11-21)19-26-18-22-12-7-4-8-13-22/h3-15,17,20,23,26H,16,18-19H2,1-2H3. The number of hydrogen-bond donors (Lipinski definition) is 1. The molecule has 3 heteroatoms. The van der Waals surface area contributed by atoms with Gasteiger partial charge in [0.25, 0.3) is 0 Å². The Morgan fingerprint density at radius 3 is 2.11 bits per heavy atom. The Balaban J connectivity index is 1.65. The van der Waals surface area contributed by atoms with E-state index in [9.17, 15) is 0 Å². The van der Waals surface area contributed by atoms with Gasteiger partial charge < -0.3 is 14.8 Å². The number of benzene rings is 3. The number of hydrogen-bond acceptors (Lipinski definition) is 3. The summed E-state index contributed by atoms with van der Waals surface area (Å²) in [6.45, 7) is 3.89. The van der Waals surface area contributed by atoms with Crippen LogP contribution >= 0.6 is 0 Å². The quantitative estimate of drug-likeness (QED) is 0.534. The van der Waals surface area contributed by atoms with E-state index in [0.29, 0.717) is 5.92 Å². The molecule has 3 rings (SSSR count). The highest BCUT2D eigenvalue weighted by molar-refractivity contribution is 5.33. The molecule has 0 aliphatic rings. The fraction of sp³-hybridized carbons (Fsp3) is 0.280. The van der Waals surface area contributed by atoms with Crippen LogP contribution in [0, 0.1) is 5.92 Å². The van der Waals surface area contributed by atoms with Gasteiger partial charge in [0.2, 0.25) is 0 Å². The zero-order valence-electron chi connectivity index (χ0n) is 16.7. The van der Waals surface area contributed by atoms with E-state index >= 15 is 0 Å². The fourth-order valence-electron chi connectivity index (χ4n) is 3.30. The molecule has 0 aromatic heterocycles. The lowest BCUT2D eigenvalue weighted by Gasteiger charge is -2.26. The van der Waals surface area contributed by atoms with Crippen molar-refractivity contribution in [3.8, 4) is 11.5 Å². The Morgan fingerprint density at radius 1 is 0.786 bits per heavy atom. The second kappa shape index (κ2) is 10.5. The highest BCUT2D eigenvalue weighted by atomic mass is 16.5. The van der Waals surface area contributed by atoms with E-state index in [4.69, 9.17) is 9.47 Å². The van der Waals surface area contributed by atoms with E-state index in [1.807, 2.05) is 30.3 Å². The predicted octanol–water partition coefficient (Wildman–Crippen LogP) is 5.11. The average molecular weight is 376 g/mol. The van der Waals surface area contributed by atoms with Crippen LogP contribution in [0.1, 0.15) is 18.1 Å². The van der Waals surface area contributed by atoms with Crippen molar-refractivity contribution < 1.29 is 9.47 Å². The highest BCUT2D eigenvalue weighted by Gasteiger charge is 2.19. The summed E-state index contributed by atoms with van der Waals surface area (Å²) in [4.78, 5) is 0. The SMILES string of the molecule is COc1cccc(OC(C)C(CNCc2ccccc2)Cc2ccccc2)c1. The number of methoxy groups -OCH3 is 1. The maximum absolute atomic E-state index is 6.27. The monoisotopic (exact) mass is 375 g/mol. The molecule has 0 amide bonds. The van der Waals surface area contributed by atoms with Gasteiger partial charge in [-0.25, -0.2) is 0 Å². The lowest BCUT2D eigenvalue weighted by atomic mass is 9.94. The first-order valence-electron chi connectivity index (χ1n) is 9.84. The molecule has 0 radical (unpaired) electrons. The summed E-state index contributed by atoms with van der Waals surface area (Å²) < 4.78 is 11.6. The molecule has 0 saturated carbocycles. The molecule has 3 aromatic rings. The van der Waals surface area contributed by atoms with Crippen molar-refractivity contribution in [3.63, 3.8) is 0 Å². The van der Waals surface area contributed by atoms with Crippen LogP contribution < -0.4 is 14.8 Å². The van der Waals surface area contributed by atoms with Crippen LogP contribution in [0.5, 0.6) is 11.5 Å².